The van der Waals surface area contributed by atoms with Crippen molar-refractivity contribution in [3.63, 3.8) is 0 Å². The number of nitro groups is 1. The van der Waals surface area contributed by atoms with E-state index in [-0.39, 0.29) is 11.2 Å². The van der Waals surface area contributed by atoms with Crippen molar-refractivity contribution in [1.29, 1.82) is 0 Å². The molecule has 2 rings (SSSR count). The first-order valence-electron chi connectivity index (χ1n) is 4.83. The molecule has 0 bridgehead atoms. The minimum absolute atomic E-state index is 0.0988. The van der Waals surface area contributed by atoms with Crippen LogP contribution in [0, 0.1) is 10.1 Å². The third-order valence-corrected chi connectivity index (χ3v) is 2.36. The van der Waals surface area contributed by atoms with E-state index in [1.807, 2.05) is 0 Å². The van der Waals surface area contributed by atoms with Gasteiger partial charge < -0.3 is 9.47 Å². The van der Waals surface area contributed by atoms with Crippen molar-refractivity contribution >= 4 is 16.6 Å². The van der Waals surface area contributed by atoms with Gasteiger partial charge in [0.25, 0.3) is 5.69 Å². The molecule has 1 aromatic carbocycles. The smallest absolute Gasteiger partial charge is 0.299 e. The zero-order chi connectivity index (χ0) is 12.4. The fraction of sp³-hybridized carbons (Fsp3) is 0.182. The van der Waals surface area contributed by atoms with E-state index in [0.29, 0.717) is 17.0 Å². The fourth-order valence-electron chi connectivity index (χ4n) is 1.54. The van der Waals surface area contributed by atoms with Crippen LogP contribution in [-0.4, -0.2) is 24.1 Å². The van der Waals surface area contributed by atoms with E-state index < -0.39 is 4.92 Å². The van der Waals surface area contributed by atoms with Crippen LogP contribution in [0.2, 0.25) is 0 Å². The van der Waals surface area contributed by atoms with Gasteiger partial charge >= 0.3 is 0 Å². The van der Waals surface area contributed by atoms with Crippen molar-refractivity contribution in [2.24, 2.45) is 0 Å². The van der Waals surface area contributed by atoms with Gasteiger partial charge in [0.05, 0.1) is 25.2 Å². The highest BCUT2D eigenvalue weighted by Crippen LogP contribution is 2.30. The third-order valence-electron chi connectivity index (χ3n) is 2.36. The molecule has 6 heteroatoms. The number of nitrogens with zero attached hydrogens (tertiary/aromatic N) is 2. The average Bonchev–Trinajstić information content (AvgIpc) is 2.36. The lowest BCUT2D eigenvalue weighted by molar-refractivity contribution is -0.383. The van der Waals surface area contributed by atoms with Crippen LogP contribution in [0.1, 0.15) is 0 Å². The molecule has 0 saturated heterocycles. The first-order valence-corrected chi connectivity index (χ1v) is 4.83. The quantitative estimate of drug-likeness (QED) is 0.600. The highest BCUT2D eigenvalue weighted by molar-refractivity contribution is 5.89. The lowest BCUT2D eigenvalue weighted by atomic mass is 10.2. The van der Waals surface area contributed by atoms with Gasteiger partial charge in [0.1, 0.15) is 5.75 Å². The van der Waals surface area contributed by atoms with Crippen LogP contribution in [0.5, 0.6) is 11.6 Å². The molecular weight excluding hydrogens is 224 g/mol. The molecule has 0 unspecified atom stereocenters. The Bertz CT molecular complexity index is 583. The summed E-state index contributed by atoms with van der Waals surface area (Å²) >= 11 is 0. The molecule has 0 N–H and O–H groups in total. The van der Waals surface area contributed by atoms with Crippen molar-refractivity contribution in [3.8, 4) is 11.6 Å². The second-order valence-electron chi connectivity index (χ2n) is 3.33. The molecule has 0 aliphatic carbocycles. The molecule has 1 aromatic heterocycles. The topological polar surface area (TPSA) is 74.5 Å². The number of rotatable bonds is 3. The first kappa shape index (κ1) is 11.1. The van der Waals surface area contributed by atoms with Gasteiger partial charge in [0, 0.05) is 11.5 Å². The summed E-state index contributed by atoms with van der Waals surface area (Å²) in [6.45, 7) is 0. The number of methoxy groups -OCH3 is 2. The SMILES string of the molecule is COc1cc([N+](=O)[O-])c2nc(OC)ccc2c1. The van der Waals surface area contributed by atoms with Crippen LogP contribution < -0.4 is 9.47 Å². The molecule has 0 radical (unpaired) electrons. The molecule has 0 fully saturated rings. The third kappa shape index (κ3) is 1.96. The number of nitro benzene ring substituents is 1. The Morgan fingerprint density at radius 1 is 1.24 bits per heavy atom. The highest BCUT2D eigenvalue weighted by atomic mass is 16.6. The maximum Gasteiger partial charge on any atom is 0.299 e. The molecule has 0 spiro atoms. The Morgan fingerprint density at radius 3 is 2.59 bits per heavy atom. The normalized spacial score (nSPS) is 10.2. The number of hydrogen-bond donors (Lipinski definition) is 0. The van der Waals surface area contributed by atoms with Crippen LogP contribution in [0.25, 0.3) is 10.9 Å². The molecule has 0 aliphatic heterocycles. The Balaban J connectivity index is 2.77. The van der Waals surface area contributed by atoms with E-state index in [9.17, 15) is 10.1 Å². The van der Waals surface area contributed by atoms with Gasteiger partial charge in [-0.05, 0) is 12.1 Å². The summed E-state index contributed by atoms with van der Waals surface area (Å²) < 4.78 is 9.95. The second-order valence-corrected chi connectivity index (χ2v) is 3.33. The standard InChI is InChI=1S/C11H10N2O4/c1-16-8-5-7-3-4-10(17-2)12-11(7)9(6-8)13(14)15/h3-6H,1-2H3. The number of hydrogen-bond acceptors (Lipinski definition) is 5. The molecule has 2 aromatic rings. The number of benzene rings is 1. The Hall–Kier alpha value is -2.37. The van der Waals surface area contributed by atoms with E-state index in [4.69, 9.17) is 9.47 Å². The van der Waals surface area contributed by atoms with E-state index in [2.05, 4.69) is 4.98 Å². The van der Waals surface area contributed by atoms with Gasteiger partial charge in [-0.3, -0.25) is 10.1 Å². The van der Waals surface area contributed by atoms with Crippen LogP contribution in [0.3, 0.4) is 0 Å². The molecule has 0 atom stereocenters. The summed E-state index contributed by atoms with van der Waals surface area (Å²) in [5.41, 5.74) is 0.188. The molecule has 6 nitrogen and oxygen atoms in total. The van der Waals surface area contributed by atoms with Gasteiger partial charge in [0.15, 0.2) is 5.52 Å². The Kier molecular flexibility index (Phi) is 2.78. The lowest BCUT2D eigenvalue weighted by Crippen LogP contribution is -1.95. The summed E-state index contributed by atoms with van der Waals surface area (Å²) in [7, 11) is 2.92. The van der Waals surface area contributed by atoms with Gasteiger partial charge in [-0.1, -0.05) is 0 Å². The molecule has 1 heterocycles. The number of non-ortho nitro benzene ring substituents is 1. The van der Waals surface area contributed by atoms with Crippen molar-refractivity contribution in [2.45, 2.75) is 0 Å². The second kappa shape index (κ2) is 4.25. The molecule has 88 valence electrons. The molecule has 0 aliphatic rings. The van der Waals surface area contributed by atoms with Crippen LogP contribution in [0.4, 0.5) is 5.69 Å². The minimum Gasteiger partial charge on any atom is -0.496 e. The van der Waals surface area contributed by atoms with Crippen molar-refractivity contribution in [1.82, 2.24) is 4.98 Å². The summed E-state index contributed by atoms with van der Waals surface area (Å²) in [6, 6.07) is 6.38. The number of fused-ring (bicyclic) bond motifs is 1. The van der Waals surface area contributed by atoms with Gasteiger partial charge in [-0.2, -0.15) is 0 Å². The van der Waals surface area contributed by atoms with E-state index >= 15 is 0 Å². The lowest BCUT2D eigenvalue weighted by Gasteiger charge is -2.05. The molecule has 0 saturated carbocycles. The summed E-state index contributed by atoms with van der Waals surface area (Å²) in [5.74, 6) is 0.766. The molecular formula is C11H10N2O4. The molecule has 0 amide bonds. The molecule has 17 heavy (non-hydrogen) atoms. The van der Waals surface area contributed by atoms with Crippen LogP contribution in [-0.2, 0) is 0 Å². The maximum atomic E-state index is 11.0. The Morgan fingerprint density at radius 2 is 2.00 bits per heavy atom. The first-order chi connectivity index (χ1) is 8.15. The van der Waals surface area contributed by atoms with E-state index in [1.165, 1.54) is 20.3 Å². The van der Waals surface area contributed by atoms with Crippen molar-refractivity contribution < 1.29 is 14.4 Å². The number of aromatic nitrogens is 1. The number of pyridine rings is 1. The fourth-order valence-corrected chi connectivity index (χ4v) is 1.54. The highest BCUT2D eigenvalue weighted by Gasteiger charge is 2.16. The summed E-state index contributed by atoms with van der Waals surface area (Å²) in [4.78, 5) is 14.5. The summed E-state index contributed by atoms with van der Waals surface area (Å²) in [6.07, 6.45) is 0. The monoisotopic (exact) mass is 234 g/mol. The van der Waals surface area contributed by atoms with Crippen LogP contribution >= 0.6 is 0 Å². The van der Waals surface area contributed by atoms with Crippen molar-refractivity contribution in [2.75, 3.05) is 14.2 Å². The predicted molar refractivity (Wildman–Crippen MR) is 61.5 cm³/mol. The van der Waals surface area contributed by atoms with Crippen molar-refractivity contribution in [3.05, 3.63) is 34.4 Å². The average molecular weight is 234 g/mol. The zero-order valence-electron chi connectivity index (χ0n) is 9.34. The van der Waals surface area contributed by atoms with Gasteiger partial charge in [-0.25, -0.2) is 4.98 Å². The number of ether oxygens (including phenoxy) is 2. The van der Waals surface area contributed by atoms with Gasteiger partial charge in [0.2, 0.25) is 5.88 Å². The zero-order valence-corrected chi connectivity index (χ0v) is 9.34. The van der Waals surface area contributed by atoms with Crippen LogP contribution in [0.15, 0.2) is 24.3 Å². The largest absolute Gasteiger partial charge is 0.496 e. The minimum atomic E-state index is -0.489. The summed E-state index contributed by atoms with van der Waals surface area (Å²) in [5, 5.41) is 11.6. The van der Waals surface area contributed by atoms with E-state index in [0.717, 1.165) is 0 Å². The van der Waals surface area contributed by atoms with Gasteiger partial charge in [-0.15, -0.1) is 0 Å². The predicted octanol–water partition coefficient (Wildman–Crippen LogP) is 2.16. The Labute approximate surface area is 96.9 Å². The maximum absolute atomic E-state index is 11.0. The van der Waals surface area contributed by atoms with E-state index in [1.54, 1.807) is 18.2 Å².